The molecule has 1 aromatic carbocycles. The highest BCUT2D eigenvalue weighted by molar-refractivity contribution is 5.81. The minimum atomic E-state index is -0.592. The molecule has 1 aliphatic heterocycles. The Labute approximate surface area is 199 Å². The van der Waals surface area contributed by atoms with E-state index in [0.717, 1.165) is 30.4 Å². The number of carbonyl (C=O) groups is 1. The van der Waals surface area contributed by atoms with Gasteiger partial charge in [-0.3, -0.25) is 4.79 Å². The van der Waals surface area contributed by atoms with Crippen LogP contribution in [0, 0.1) is 17.8 Å². The van der Waals surface area contributed by atoms with Gasteiger partial charge in [0.2, 0.25) is 0 Å². The predicted octanol–water partition coefficient (Wildman–Crippen LogP) is 6.88. The van der Waals surface area contributed by atoms with E-state index < -0.39 is 11.5 Å². The zero-order valence-corrected chi connectivity index (χ0v) is 21.3. The van der Waals surface area contributed by atoms with E-state index in [1.165, 1.54) is 18.3 Å². The molecule has 0 amide bonds. The van der Waals surface area contributed by atoms with Crippen molar-refractivity contribution in [1.29, 1.82) is 0 Å². The SMILES string of the molecule is COC(=O)[C@@H]1c2cc(O)cc(C/C=C(\C)CCC=C(C)C)c2O[C@]2(C)C=C[C@@H](C(C)C)C[C@H]12. The van der Waals surface area contributed by atoms with Crippen molar-refractivity contribution in [2.24, 2.45) is 17.8 Å². The lowest BCUT2D eigenvalue weighted by Crippen LogP contribution is -2.50. The average molecular weight is 453 g/mol. The summed E-state index contributed by atoms with van der Waals surface area (Å²) >= 11 is 0. The maximum atomic E-state index is 13.1. The Kier molecular flexibility index (Phi) is 7.76. The summed E-state index contributed by atoms with van der Waals surface area (Å²) in [6.45, 7) is 12.9. The summed E-state index contributed by atoms with van der Waals surface area (Å²) in [7, 11) is 1.44. The van der Waals surface area contributed by atoms with Crippen LogP contribution in [0.1, 0.15) is 77.8 Å². The molecule has 3 rings (SSSR count). The molecule has 0 spiro atoms. The van der Waals surface area contributed by atoms with Gasteiger partial charge in [-0.25, -0.2) is 0 Å². The number of carbonyl (C=O) groups excluding carboxylic acids is 1. The highest BCUT2D eigenvalue weighted by Gasteiger charge is 2.51. The molecule has 0 radical (unpaired) electrons. The van der Waals surface area contributed by atoms with Gasteiger partial charge in [0.05, 0.1) is 13.0 Å². The Morgan fingerprint density at radius 3 is 2.64 bits per heavy atom. The fourth-order valence-electron chi connectivity index (χ4n) is 5.15. The van der Waals surface area contributed by atoms with Gasteiger partial charge >= 0.3 is 5.97 Å². The first-order valence-corrected chi connectivity index (χ1v) is 12.2. The molecule has 4 atom stereocenters. The molecule has 1 aromatic rings. The molecule has 0 saturated heterocycles. The van der Waals surface area contributed by atoms with Crippen LogP contribution >= 0.6 is 0 Å². The monoisotopic (exact) mass is 452 g/mol. The molecule has 0 saturated carbocycles. The van der Waals surface area contributed by atoms with Crippen molar-refractivity contribution in [2.45, 2.75) is 78.7 Å². The minimum absolute atomic E-state index is 0.0501. The molecule has 1 N–H and O–H groups in total. The Bertz CT molecular complexity index is 964. The van der Waals surface area contributed by atoms with Crippen molar-refractivity contribution in [1.82, 2.24) is 0 Å². The van der Waals surface area contributed by atoms with Crippen molar-refractivity contribution < 1.29 is 19.4 Å². The van der Waals surface area contributed by atoms with Crippen LogP contribution in [0.4, 0.5) is 0 Å². The summed E-state index contributed by atoms with van der Waals surface area (Å²) in [4.78, 5) is 13.1. The van der Waals surface area contributed by atoms with Crippen molar-refractivity contribution in [3.05, 3.63) is 58.7 Å². The lowest BCUT2D eigenvalue weighted by Gasteiger charge is -2.48. The van der Waals surface area contributed by atoms with Gasteiger partial charge in [0.25, 0.3) is 0 Å². The summed E-state index contributed by atoms with van der Waals surface area (Å²) in [5.41, 5.74) is 3.68. The first kappa shape index (κ1) is 25.1. The Hall–Kier alpha value is -2.49. The number of hydrogen-bond donors (Lipinski definition) is 1. The maximum Gasteiger partial charge on any atom is 0.313 e. The average Bonchev–Trinajstić information content (AvgIpc) is 2.74. The molecule has 0 aromatic heterocycles. The van der Waals surface area contributed by atoms with Crippen molar-refractivity contribution in [3.63, 3.8) is 0 Å². The standard InChI is InChI=1S/C29H40O4/c1-18(2)9-8-10-20(5)11-12-22-15-23(30)17-24-26(28(31)32-7)25-16-21(19(3)4)13-14-29(25,6)33-27(22)24/h9,11,13-15,17,19,21,25-26,30H,8,10,12,16H2,1-7H3/b20-11+/t21-,25-,26-,29-/m1/s1. The number of ether oxygens (including phenoxy) is 2. The van der Waals surface area contributed by atoms with Crippen LogP contribution in [0.5, 0.6) is 11.5 Å². The fourth-order valence-corrected chi connectivity index (χ4v) is 5.15. The number of allylic oxidation sites excluding steroid dienone is 5. The number of phenolic OH excluding ortho intramolecular Hbond substituents is 1. The number of aromatic hydroxyl groups is 1. The molecule has 0 bridgehead atoms. The quantitative estimate of drug-likeness (QED) is 0.362. The summed E-state index contributed by atoms with van der Waals surface area (Å²) in [5.74, 6) is 0.941. The normalized spacial score (nSPS) is 26.3. The third-order valence-electron chi connectivity index (χ3n) is 7.25. The Morgan fingerprint density at radius 1 is 1.27 bits per heavy atom. The van der Waals surface area contributed by atoms with Gasteiger partial charge in [0.1, 0.15) is 17.1 Å². The topological polar surface area (TPSA) is 55.8 Å². The van der Waals surface area contributed by atoms with Gasteiger partial charge in [-0.05, 0) is 83.4 Å². The highest BCUT2D eigenvalue weighted by atomic mass is 16.5. The number of methoxy groups -OCH3 is 1. The van der Waals surface area contributed by atoms with Crippen LogP contribution in [0.3, 0.4) is 0 Å². The number of benzene rings is 1. The molecule has 2 aliphatic rings. The molecular formula is C29H40O4. The van der Waals surface area contributed by atoms with E-state index in [0.29, 0.717) is 24.0 Å². The van der Waals surface area contributed by atoms with Gasteiger partial charge in [-0.15, -0.1) is 0 Å². The predicted molar refractivity (Wildman–Crippen MR) is 134 cm³/mol. The largest absolute Gasteiger partial charge is 0.508 e. The number of fused-ring (bicyclic) bond motifs is 2. The first-order chi connectivity index (χ1) is 15.6. The Morgan fingerprint density at radius 2 is 2.00 bits per heavy atom. The van der Waals surface area contributed by atoms with E-state index in [1.807, 2.05) is 0 Å². The fraction of sp³-hybridized carbons (Fsp3) is 0.552. The molecule has 0 unspecified atom stereocenters. The van der Waals surface area contributed by atoms with E-state index in [9.17, 15) is 9.90 Å². The van der Waals surface area contributed by atoms with Crippen LogP contribution in [-0.2, 0) is 16.0 Å². The summed E-state index contributed by atoms with van der Waals surface area (Å²) in [5, 5.41) is 10.6. The van der Waals surface area contributed by atoms with Crippen molar-refractivity contribution in [2.75, 3.05) is 7.11 Å². The molecular weight excluding hydrogens is 412 g/mol. The summed E-state index contributed by atoms with van der Waals surface area (Å²) in [6.07, 6.45) is 12.3. The zero-order valence-electron chi connectivity index (χ0n) is 21.3. The number of hydrogen-bond acceptors (Lipinski definition) is 4. The van der Waals surface area contributed by atoms with E-state index in [2.05, 4.69) is 65.8 Å². The van der Waals surface area contributed by atoms with Crippen molar-refractivity contribution in [3.8, 4) is 11.5 Å². The van der Waals surface area contributed by atoms with Gasteiger partial charge in [0.15, 0.2) is 0 Å². The highest BCUT2D eigenvalue weighted by Crippen LogP contribution is 2.53. The van der Waals surface area contributed by atoms with E-state index >= 15 is 0 Å². The number of esters is 1. The van der Waals surface area contributed by atoms with Crippen LogP contribution in [0.2, 0.25) is 0 Å². The van der Waals surface area contributed by atoms with E-state index in [1.54, 1.807) is 12.1 Å². The van der Waals surface area contributed by atoms with Crippen LogP contribution in [0.25, 0.3) is 0 Å². The lowest BCUT2D eigenvalue weighted by atomic mass is 9.64. The molecule has 33 heavy (non-hydrogen) atoms. The summed E-state index contributed by atoms with van der Waals surface area (Å²) < 4.78 is 11.9. The molecule has 4 heteroatoms. The van der Waals surface area contributed by atoms with E-state index in [4.69, 9.17) is 9.47 Å². The zero-order chi connectivity index (χ0) is 24.3. The first-order valence-electron chi connectivity index (χ1n) is 12.2. The molecule has 1 aliphatic carbocycles. The molecule has 4 nitrogen and oxygen atoms in total. The number of phenols is 1. The smallest absolute Gasteiger partial charge is 0.313 e. The minimum Gasteiger partial charge on any atom is -0.508 e. The Balaban J connectivity index is 2.00. The third kappa shape index (κ3) is 5.54. The lowest BCUT2D eigenvalue weighted by molar-refractivity contribution is -0.147. The maximum absolute atomic E-state index is 13.1. The molecule has 0 fully saturated rings. The second kappa shape index (κ2) is 10.2. The second-order valence-electron chi connectivity index (χ2n) is 10.5. The summed E-state index contributed by atoms with van der Waals surface area (Å²) in [6, 6.07) is 3.45. The van der Waals surface area contributed by atoms with Crippen molar-refractivity contribution >= 4 is 5.97 Å². The second-order valence-corrected chi connectivity index (χ2v) is 10.5. The van der Waals surface area contributed by atoms with Crippen LogP contribution < -0.4 is 4.74 Å². The van der Waals surface area contributed by atoms with Crippen LogP contribution in [0.15, 0.2) is 47.6 Å². The van der Waals surface area contributed by atoms with Gasteiger partial charge < -0.3 is 14.6 Å². The van der Waals surface area contributed by atoms with Gasteiger partial charge in [-0.1, -0.05) is 43.2 Å². The molecule has 1 heterocycles. The van der Waals surface area contributed by atoms with Gasteiger partial charge in [0, 0.05) is 17.0 Å². The third-order valence-corrected chi connectivity index (χ3v) is 7.25. The van der Waals surface area contributed by atoms with Crippen LogP contribution in [-0.4, -0.2) is 23.8 Å². The number of rotatable bonds is 7. The van der Waals surface area contributed by atoms with Gasteiger partial charge in [-0.2, -0.15) is 0 Å². The molecule has 180 valence electrons. The van der Waals surface area contributed by atoms with E-state index in [-0.39, 0.29) is 17.6 Å².